The number of ether oxygens (including phenoxy) is 3. The molecule has 1 heterocycles. The molecular weight excluding hydrogens is 662 g/mol. The number of benzene rings is 2. The fraction of sp³-hybridized carbons (Fsp3) is 0.343. The van der Waals surface area contributed by atoms with Crippen LogP contribution in [0.3, 0.4) is 0 Å². The van der Waals surface area contributed by atoms with E-state index in [0.29, 0.717) is 25.7 Å². The Labute approximate surface area is 294 Å². The van der Waals surface area contributed by atoms with E-state index in [-0.39, 0.29) is 62.2 Å². The van der Waals surface area contributed by atoms with Crippen molar-refractivity contribution < 1.29 is 43.8 Å². The molecule has 270 valence electrons. The van der Waals surface area contributed by atoms with Crippen molar-refractivity contribution in [2.75, 3.05) is 0 Å². The summed E-state index contributed by atoms with van der Waals surface area (Å²) in [5, 5.41) is 41.9. The SMILES string of the molecule is CC(=O)N(O)C(=N)c1ccc(Oc2cc(C(=O)NC3CCC(NC(=O)OC(C)(C)C)CC3)cc(Oc3ccc(C(=N)N(O)C(C)=O)cc3)n2)cc1. The van der Waals surface area contributed by atoms with E-state index in [1.165, 1.54) is 60.7 Å². The fourth-order valence-electron chi connectivity index (χ4n) is 5.00. The maximum Gasteiger partial charge on any atom is 0.407 e. The van der Waals surface area contributed by atoms with Gasteiger partial charge in [-0.15, -0.1) is 0 Å². The molecule has 0 saturated heterocycles. The van der Waals surface area contributed by atoms with Crippen LogP contribution in [0.1, 0.15) is 81.8 Å². The summed E-state index contributed by atoms with van der Waals surface area (Å²) in [5.41, 5.74) is 0.0497. The largest absolute Gasteiger partial charge is 0.444 e. The Hall–Kier alpha value is -5.87. The minimum Gasteiger partial charge on any atom is -0.444 e. The molecule has 1 aliphatic rings. The Kier molecular flexibility index (Phi) is 12.1. The molecule has 4 amide bonds. The lowest BCUT2D eigenvalue weighted by atomic mass is 9.91. The van der Waals surface area contributed by atoms with Crippen LogP contribution in [-0.4, -0.2) is 78.7 Å². The molecule has 1 saturated carbocycles. The van der Waals surface area contributed by atoms with Crippen molar-refractivity contribution in [1.29, 1.82) is 10.8 Å². The molecule has 0 aliphatic heterocycles. The molecule has 16 nitrogen and oxygen atoms in total. The van der Waals surface area contributed by atoms with E-state index in [1.54, 1.807) is 20.8 Å². The van der Waals surface area contributed by atoms with Gasteiger partial charge in [-0.2, -0.15) is 15.1 Å². The van der Waals surface area contributed by atoms with Crippen LogP contribution in [0.15, 0.2) is 60.7 Å². The molecule has 1 aliphatic carbocycles. The highest BCUT2D eigenvalue weighted by Gasteiger charge is 2.26. The molecular formula is C35H41N7O9. The van der Waals surface area contributed by atoms with Crippen molar-refractivity contribution in [1.82, 2.24) is 25.7 Å². The Balaban J connectivity index is 1.51. The van der Waals surface area contributed by atoms with Crippen LogP contribution in [0, 0.1) is 10.8 Å². The van der Waals surface area contributed by atoms with Gasteiger partial charge in [0, 0.05) is 49.2 Å². The molecule has 1 fully saturated rings. The number of rotatable bonds is 9. The highest BCUT2D eigenvalue weighted by atomic mass is 16.6. The Morgan fingerprint density at radius 2 is 1.10 bits per heavy atom. The molecule has 2 aromatic carbocycles. The molecule has 0 spiro atoms. The Bertz CT molecular complexity index is 1690. The van der Waals surface area contributed by atoms with Crippen LogP contribution in [-0.2, 0) is 14.3 Å². The van der Waals surface area contributed by atoms with Crippen molar-refractivity contribution >= 4 is 35.5 Å². The van der Waals surface area contributed by atoms with Gasteiger partial charge in [0.2, 0.25) is 23.6 Å². The number of aromatic nitrogens is 1. The van der Waals surface area contributed by atoms with Gasteiger partial charge in [0.15, 0.2) is 11.7 Å². The number of carbonyl (C=O) groups excluding carboxylic acids is 4. The predicted molar refractivity (Wildman–Crippen MR) is 182 cm³/mol. The van der Waals surface area contributed by atoms with Crippen LogP contribution in [0.4, 0.5) is 4.79 Å². The van der Waals surface area contributed by atoms with E-state index < -0.39 is 41.1 Å². The monoisotopic (exact) mass is 703 g/mol. The average Bonchev–Trinajstić information content (AvgIpc) is 3.07. The maximum atomic E-state index is 13.5. The summed E-state index contributed by atoms with van der Waals surface area (Å²) in [6, 6.07) is 14.5. The Morgan fingerprint density at radius 3 is 1.47 bits per heavy atom. The van der Waals surface area contributed by atoms with Crippen LogP contribution in [0.25, 0.3) is 0 Å². The van der Waals surface area contributed by atoms with E-state index in [4.69, 9.17) is 25.0 Å². The van der Waals surface area contributed by atoms with E-state index in [9.17, 15) is 29.6 Å². The van der Waals surface area contributed by atoms with E-state index in [2.05, 4.69) is 15.6 Å². The molecule has 0 atom stereocenters. The molecule has 16 heteroatoms. The van der Waals surface area contributed by atoms with Gasteiger partial charge in [-0.3, -0.25) is 35.6 Å². The summed E-state index contributed by atoms with van der Waals surface area (Å²) in [4.78, 5) is 53.0. The smallest absolute Gasteiger partial charge is 0.407 e. The second-order valence-corrected chi connectivity index (χ2v) is 12.8. The minimum atomic E-state index is -0.725. The lowest BCUT2D eigenvalue weighted by molar-refractivity contribution is -0.147. The molecule has 0 unspecified atom stereocenters. The maximum absolute atomic E-state index is 13.5. The lowest BCUT2D eigenvalue weighted by Crippen LogP contribution is -2.45. The first-order valence-electron chi connectivity index (χ1n) is 16.0. The number of hydrogen-bond acceptors (Lipinski definition) is 12. The van der Waals surface area contributed by atoms with Gasteiger partial charge in [-0.25, -0.2) is 4.79 Å². The summed E-state index contributed by atoms with van der Waals surface area (Å²) in [6.45, 7) is 7.62. The first-order chi connectivity index (χ1) is 24.0. The second-order valence-electron chi connectivity index (χ2n) is 12.8. The van der Waals surface area contributed by atoms with Crippen molar-refractivity contribution in [3.05, 3.63) is 77.4 Å². The summed E-state index contributed by atoms with van der Waals surface area (Å²) < 4.78 is 17.2. The van der Waals surface area contributed by atoms with Crippen LogP contribution < -0.4 is 20.1 Å². The molecule has 3 aromatic rings. The molecule has 6 N–H and O–H groups in total. The summed E-state index contributed by atoms with van der Waals surface area (Å²) in [7, 11) is 0. The molecule has 0 radical (unpaired) electrons. The van der Waals surface area contributed by atoms with Crippen molar-refractivity contribution in [3.63, 3.8) is 0 Å². The average molecular weight is 704 g/mol. The number of nitrogens with one attached hydrogen (secondary N) is 4. The molecule has 0 bridgehead atoms. The van der Waals surface area contributed by atoms with E-state index in [0.717, 1.165) is 13.8 Å². The zero-order valence-electron chi connectivity index (χ0n) is 28.9. The van der Waals surface area contributed by atoms with E-state index in [1.807, 2.05) is 0 Å². The highest BCUT2D eigenvalue weighted by molar-refractivity contribution is 6.05. The number of carbonyl (C=O) groups is 4. The quantitative estimate of drug-likeness (QED) is 0.0724. The van der Waals surface area contributed by atoms with Gasteiger partial charge in [-0.1, -0.05) is 0 Å². The number of amides is 4. The van der Waals surface area contributed by atoms with Crippen LogP contribution >= 0.6 is 0 Å². The van der Waals surface area contributed by atoms with Gasteiger partial charge in [0.25, 0.3) is 5.91 Å². The topological polar surface area (TPSA) is 228 Å². The summed E-state index contributed by atoms with van der Waals surface area (Å²) in [6.07, 6.45) is 2.05. The third-order valence-corrected chi connectivity index (χ3v) is 7.54. The third kappa shape index (κ3) is 10.8. The van der Waals surface area contributed by atoms with Crippen molar-refractivity contribution in [2.24, 2.45) is 0 Å². The van der Waals surface area contributed by atoms with Crippen molar-refractivity contribution in [2.45, 2.75) is 78.0 Å². The van der Waals surface area contributed by atoms with Crippen LogP contribution in [0.5, 0.6) is 23.3 Å². The first-order valence-corrected chi connectivity index (χ1v) is 16.0. The number of alkyl carbamates (subject to hydrolysis) is 1. The first kappa shape index (κ1) is 37.9. The van der Waals surface area contributed by atoms with Crippen LogP contribution in [0.2, 0.25) is 0 Å². The molecule has 4 rings (SSSR count). The van der Waals surface area contributed by atoms with Gasteiger partial charge in [0.05, 0.1) is 5.56 Å². The Morgan fingerprint density at radius 1 is 0.706 bits per heavy atom. The van der Waals surface area contributed by atoms with Gasteiger partial charge < -0.3 is 24.8 Å². The fourth-order valence-corrected chi connectivity index (χ4v) is 5.00. The normalized spacial score (nSPS) is 15.5. The van der Waals surface area contributed by atoms with E-state index >= 15 is 0 Å². The van der Waals surface area contributed by atoms with Gasteiger partial charge in [0.1, 0.15) is 17.1 Å². The summed E-state index contributed by atoms with van der Waals surface area (Å²) in [5.74, 6) is -2.18. The minimum absolute atomic E-state index is 0.00551. The number of hydrogen-bond donors (Lipinski definition) is 6. The summed E-state index contributed by atoms with van der Waals surface area (Å²) >= 11 is 0. The molecule has 51 heavy (non-hydrogen) atoms. The van der Waals surface area contributed by atoms with Gasteiger partial charge >= 0.3 is 6.09 Å². The zero-order valence-corrected chi connectivity index (χ0v) is 28.9. The third-order valence-electron chi connectivity index (χ3n) is 7.54. The zero-order chi connectivity index (χ0) is 37.5. The highest BCUT2D eigenvalue weighted by Crippen LogP contribution is 2.28. The predicted octanol–water partition coefficient (Wildman–Crippen LogP) is 5.36. The number of hydroxylamine groups is 4. The standard InChI is InChI=1S/C35H41N7O9/c1-20(43)41(47)31(36)22-6-14-27(15-7-22)49-29-18-24(33(45)38-25-10-12-26(13-11-25)39-34(46)51-35(3,4)5)19-30(40-29)50-28-16-8-23(9-17-28)32(37)42(48)21(2)44/h6-9,14-19,25-26,36-37,47-48H,10-13H2,1-5H3,(H,38,45)(H,39,46). The van der Waals surface area contributed by atoms with Crippen molar-refractivity contribution in [3.8, 4) is 23.3 Å². The molecule has 1 aromatic heterocycles. The second kappa shape index (κ2) is 16.2. The lowest BCUT2D eigenvalue weighted by Gasteiger charge is -2.30. The van der Waals surface area contributed by atoms with Gasteiger partial charge in [-0.05, 0) is 95.0 Å². The number of amidine groups is 2. The number of pyridine rings is 1. The number of nitrogens with zero attached hydrogens (tertiary/aromatic N) is 3.